The van der Waals surface area contributed by atoms with E-state index in [2.05, 4.69) is 45.1 Å². The van der Waals surface area contributed by atoms with Gasteiger partial charge in [-0.1, -0.05) is 27.2 Å². The Hall–Kier alpha value is -0.810. The highest BCUT2D eigenvalue weighted by Gasteiger charge is 2.30. The predicted octanol–water partition coefficient (Wildman–Crippen LogP) is 2.16. The van der Waals surface area contributed by atoms with Gasteiger partial charge in [0, 0.05) is 25.6 Å². The van der Waals surface area contributed by atoms with Crippen LogP contribution in [0.3, 0.4) is 0 Å². The van der Waals surface area contributed by atoms with Crippen LogP contribution in [-0.4, -0.2) is 67.3 Å². The SMILES string of the molecule is CN(C)CCC(NC(=O)N(C)CC1CCCC1O)C(C)(C)C. The highest BCUT2D eigenvalue weighted by molar-refractivity contribution is 5.74. The molecule has 22 heavy (non-hydrogen) atoms. The molecule has 1 aliphatic rings. The van der Waals surface area contributed by atoms with Crippen molar-refractivity contribution >= 4 is 6.03 Å². The van der Waals surface area contributed by atoms with Gasteiger partial charge in [-0.05, 0) is 45.3 Å². The molecule has 1 saturated carbocycles. The minimum absolute atomic E-state index is 0.0272. The monoisotopic (exact) mass is 313 g/mol. The molecule has 5 nitrogen and oxygen atoms in total. The maximum absolute atomic E-state index is 12.5. The molecule has 0 aromatic carbocycles. The van der Waals surface area contributed by atoms with E-state index in [0.29, 0.717) is 6.54 Å². The van der Waals surface area contributed by atoms with Crippen LogP contribution in [0.2, 0.25) is 0 Å². The molecule has 1 fully saturated rings. The lowest BCUT2D eigenvalue weighted by atomic mass is 9.84. The van der Waals surface area contributed by atoms with Crippen molar-refractivity contribution in [2.75, 3.05) is 34.2 Å². The van der Waals surface area contributed by atoms with Gasteiger partial charge in [-0.3, -0.25) is 0 Å². The zero-order valence-electron chi connectivity index (χ0n) is 15.2. The Morgan fingerprint density at radius 1 is 1.27 bits per heavy atom. The smallest absolute Gasteiger partial charge is 0.317 e. The number of urea groups is 1. The minimum Gasteiger partial charge on any atom is -0.393 e. The summed E-state index contributed by atoms with van der Waals surface area (Å²) >= 11 is 0. The molecule has 0 heterocycles. The predicted molar refractivity (Wildman–Crippen MR) is 90.9 cm³/mol. The maximum Gasteiger partial charge on any atom is 0.317 e. The third-order valence-corrected chi connectivity index (χ3v) is 4.68. The number of aliphatic hydroxyl groups is 1. The van der Waals surface area contributed by atoms with Crippen molar-refractivity contribution in [2.24, 2.45) is 11.3 Å². The zero-order chi connectivity index (χ0) is 16.9. The fraction of sp³-hybridized carbons (Fsp3) is 0.941. The molecule has 130 valence electrons. The third kappa shape index (κ3) is 6.13. The van der Waals surface area contributed by atoms with Gasteiger partial charge < -0.3 is 20.2 Å². The number of hydrogen-bond acceptors (Lipinski definition) is 3. The van der Waals surface area contributed by atoms with Crippen LogP contribution < -0.4 is 5.32 Å². The van der Waals surface area contributed by atoms with E-state index in [1.165, 1.54) is 0 Å². The van der Waals surface area contributed by atoms with Gasteiger partial charge in [0.25, 0.3) is 0 Å². The van der Waals surface area contributed by atoms with Crippen LogP contribution in [0.25, 0.3) is 0 Å². The van der Waals surface area contributed by atoms with E-state index in [-0.39, 0.29) is 29.5 Å². The summed E-state index contributed by atoms with van der Waals surface area (Å²) in [5.74, 6) is 0.227. The second kappa shape index (κ2) is 8.16. The molecular formula is C17H35N3O2. The lowest BCUT2D eigenvalue weighted by molar-refractivity contribution is 0.111. The number of carbonyl (C=O) groups excluding carboxylic acids is 1. The van der Waals surface area contributed by atoms with Crippen LogP contribution in [0.15, 0.2) is 0 Å². The first kappa shape index (κ1) is 19.2. The first-order valence-corrected chi connectivity index (χ1v) is 8.45. The van der Waals surface area contributed by atoms with E-state index in [9.17, 15) is 9.90 Å². The molecule has 0 aromatic heterocycles. The van der Waals surface area contributed by atoms with Crippen LogP contribution in [0.1, 0.15) is 46.5 Å². The molecule has 1 rings (SSSR count). The topological polar surface area (TPSA) is 55.8 Å². The van der Waals surface area contributed by atoms with Crippen LogP contribution in [-0.2, 0) is 0 Å². The van der Waals surface area contributed by atoms with Crippen molar-refractivity contribution in [1.29, 1.82) is 0 Å². The first-order valence-electron chi connectivity index (χ1n) is 8.45. The Balaban J connectivity index is 2.53. The summed E-state index contributed by atoms with van der Waals surface area (Å²) in [6, 6.07) is 0.108. The lowest BCUT2D eigenvalue weighted by Gasteiger charge is -2.34. The Bertz CT molecular complexity index is 352. The molecule has 2 amide bonds. The molecule has 0 saturated heterocycles. The van der Waals surface area contributed by atoms with E-state index in [1.54, 1.807) is 4.90 Å². The molecule has 0 aliphatic heterocycles. The molecule has 1 aliphatic carbocycles. The van der Waals surface area contributed by atoms with Crippen molar-refractivity contribution in [3.63, 3.8) is 0 Å². The number of aliphatic hydroxyl groups excluding tert-OH is 1. The number of amides is 2. The van der Waals surface area contributed by atoms with E-state index in [1.807, 2.05) is 7.05 Å². The Morgan fingerprint density at radius 2 is 1.91 bits per heavy atom. The minimum atomic E-state index is -0.248. The first-order chi connectivity index (χ1) is 10.1. The van der Waals surface area contributed by atoms with Crippen LogP contribution >= 0.6 is 0 Å². The van der Waals surface area contributed by atoms with Gasteiger partial charge in [0.05, 0.1) is 6.10 Å². The van der Waals surface area contributed by atoms with E-state index < -0.39 is 0 Å². The second-order valence-corrected chi connectivity index (χ2v) is 8.10. The average molecular weight is 313 g/mol. The van der Waals surface area contributed by atoms with Crippen LogP contribution in [0.5, 0.6) is 0 Å². The molecule has 3 atom stereocenters. The van der Waals surface area contributed by atoms with E-state index in [0.717, 1.165) is 32.2 Å². The molecule has 5 heteroatoms. The summed E-state index contributed by atoms with van der Waals surface area (Å²) in [5, 5.41) is 13.1. The Labute approximate surface area is 136 Å². The number of hydrogen-bond donors (Lipinski definition) is 2. The van der Waals surface area contributed by atoms with Crippen molar-refractivity contribution < 1.29 is 9.90 Å². The highest BCUT2D eigenvalue weighted by atomic mass is 16.3. The number of nitrogens with one attached hydrogen (secondary N) is 1. The normalized spacial score (nSPS) is 23.6. The molecular weight excluding hydrogens is 278 g/mol. The Morgan fingerprint density at radius 3 is 2.36 bits per heavy atom. The van der Waals surface area contributed by atoms with Crippen LogP contribution in [0.4, 0.5) is 4.79 Å². The number of nitrogens with zero attached hydrogens (tertiary/aromatic N) is 2. The fourth-order valence-electron chi connectivity index (χ4n) is 3.03. The largest absolute Gasteiger partial charge is 0.393 e. The standard InChI is InChI=1S/C17H35N3O2/c1-17(2,3)15(10-11-19(4)5)18-16(22)20(6)12-13-8-7-9-14(13)21/h13-15,21H,7-12H2,1-6H3,(H,18,22). The zero-order valence-corrected chi connectivity index (χ0v) is 15.2. The highest BCUT2D eigenvalue weighted by Crippen LogP contribution is 2.26. The summed E-state index contributed by atoms with van der Waals surface area (Å²) in [5.41, 5.74) is 0.0272. The molecule has 0 aromatic rings. The molecule has 3 unspecified atom stereocenters. The van der Waals surface area contributed by atoms with Crippen molar-refractivity contribution in [3.8, 4) is 0 Å². The van der Waals surface area contributed by atoms with Crippen LogP contribution in [0, 0.1) is 11.3 Å². The van der Waals surface area contributed by atoms with E-state index in [4.69, 9.17) is 0 Å². The van der Waals surface area contributed by atoms with Crippen molar-refractivity contribution in [1.82, 2.24) is 15.1 Å². The summed E-state index contributed by atoms with van der Waals surface area (Å²) in [4.78, 5) is 16.3. The summed E-state index contributed by atoms with van der Waals surface area (Å²) in [6.45, 7) is 8.07. The fourth-order valence-corrected chi connectivity index (χ4v) is 3.03. The lowest BCUT2D eigenvalue weighted by Crippen LogP contribution is -2.50. The third-order valence-electron chi connectivity index (χ3n) is 4.68. The summed E-state index contributed by atoms with van der Waals surface area (Å²) in [7, 11) is 5.93. The molecule has 0 spiro atoms. The van der Waals surface area contributed by atoms with Crippen molar-refractivity contribution in [2.45, 2.75) is 58.6 Å². The Kier molecular flexibility index (Phi) is 7.13. The molecule has 2 N–H and O–H groups in total. The quantitative estimate of drug-likeness (QED) is 0.790. The van der Waals surface area contributed by atoms with Gasteiger partial charge in [-0.25, -0.2) is 4.79 Å². The summed E-state index contributed by atoms with van der Waals surface area (Å²) < 4.78 is 0. The van der Waals surface area contributed by atoms with Gasteiger partial charge in [0.1, 0.15) is 0 Å². The van der Waals surface area contributed by atoms with E-state index >= 15 is 0 Å². The number of carbonyl (C=O) groups is 1. The van der Waals surface area contributed by atoms with Gasteiger partial charge in [-0.15, -0.1) is 0 Å². The van der Waals surface area contributed by atoms with Crippen molar-refractivity contribution in [3.05, 3.63) is 0 Å². The average Bonchev–Trinajstić information content (AvgIpc) is 2.78. The van der Waals surface area contributed by atoms with Gasteiger partial charge in [0.2, 0.25) is 0 Å². The second-order valence-electron chi connectivity index (χ2n) is 8.10. The number of rotatable bonds is 6. The van der Waals surface area contributed by atoms with Gasteiger partial charge >= 0.3 is 6.03 Å². The molecule has 0 radical (unpaired) electrons. The van der Waals surface area contributed by atoms with Gasteiger partial charge in [-0.2, -0.15) is 0 Å². The molecule has 0 bridgehead atoms. The van der Waals surface area contributed by atoms with Gasteiger partial charge in [0.15, 0.2) is 0 Å². The summed E-state index contributed by atoms with van der Waals surface area (Å²) in [6.07, 6.45) is 3.63. The maximum atomic E-state index is 12.5.